The van der Waals surface area contributed by atoms with E-state index in [0.29, 0.717) is 24.9 Å². The van der Waals surface area contributed by atoms with Crippen LogP contribution in [0, 0.1) is 20.8 Å². The predicted octanol–water partition coefficient (Wildman–Crippen LogP) is 3.35. The Hall–Kier alpha value is -1.77. The number of aliphatic imine (C=N–C) groups is 1. The van der Waals surface area contributed by atoms with Gasteiger partial charge in [0.05, 0.1) is 18.8 Å². The van der Waals surface area contributed by atoms with E-state index in [4.69, 9.17) is 9.15 Å². The maximum absolute atomic E-state index is 5.95. The van der Waals surface area contributed by atoms with Gasteiger partial charge in [-0.05, 0) is 39.3 Å². The van der Waals surface area contributed by atoms with Crippen molar-refractivity contribution >= 4 is 29.9 Å². The summed E-state index contributed by atoms with van der Waals surface area (Å²) in [5.74, 6) is 3.08. The number of para-hydroxylation sites is 1. The van der Waals surface area contributed by atoms with Crippen molar-refractivity contribution in [3.8, 4) is 5.75 Å². The molecule has 0 amide bonds. The fourth-order valence-electron chi connectivity index (χ4n) is 2.18. The molecule has 0 aliphatic rings. The van der Waals surface area contributed by atoms with Gasteiger partial charge in [0.2, 0.25) is 5.89 Å². The average Bonchev–Trinajstić information content (AvgIpc) is 2.88. The zero-order chi connectivity index (χ0) is 17.5. The van der Waals surface area contributed by atoms with Gasteiger partial charge in [-0.1, -0.05) is 18.2 Å². The first-order chi connectivity index (χ1) is 11.5. The van der Waals surface area contributed by atoms with Gasteiger partial charge >= 0.3 is 0 Å². The standard InChI is InChI=1S/C18H26N4O2.HI/c1-12-8-6-7-9-16(12)23-13(2)10-20-18(19-5)21-11-17-22-14(3)15(4)24-17;/h6-9,13H,10-11H2,1-5H3,(H2,19,20,21);1H. The number of benzene rings is 1. The van der Waals surface area contributed by atoms with E-state index in [9.17, 15) is 0 Å². The SMILES string of the molecule is CN=C(NCc1nc(C)c(C)o1)NCC(C)Oc1ccccc1C.I. The normalized spacial score (nSPS) is 12.3. The van der Waals surface area contributed by atoms with Crippen molar-refractivity contribution in [2.45, 2.75) is 40.3 Å². The molecule has 1 aromatic heterocycles. The molecule has 2 N–H and O–H groups in total. The molecule has 0 radical (unpaired) electrons. The van der Waals surface area contributed by atoms with Crippen LogP contribution in [0.5, 0.6) is 5.75 Å². The number of aryl methyl sites for hydroxylation is 3. The smallest absolute Gasteiger partial charge is 0.214 e. The van der Waals surface area contributed by atoms with Gasteiger partial charge in [-0.2, -0.15) is 0 Å². The minimum absolute atomic E-state index is 0. The zero-order valence-corrected chi connectivity index (χ0v) is 17.8. The second kappa shape index (κ2) is 10.3. The molecule has 7 heteroatoms. The molecule has 0 saturated carbocycles. The van der Waals surface area contributed by atoms with Crippen molar-refractivity contribution in [1.82, 2.24) is 15.6 Å². The molecule has 0 spiro atoms. The van der Waals surface area contributed by atoms with Gasteiger partial charge in [-0.25, -0.2) is 4.98 Å². The van der Waals surface area contributed by atoms with Gasteiger partial charge in [0.1, 0.15) is 17.6 Å². The Labute approximate surface area is 166 Å². The van der Waals surface area contributed by atoms with E-state index in [1.165, 1.54) is 0 Å². The van der Waals surface area contributed by atoms with Crippen molar-refractivity contribution in [2.75, 3.05) is 13.6 Å². The summed E-state index contributed by atoms with van der Waals surface area (Å²) in [6.07, 6.45) is 0.0101. The quantitative estimate of drug-likeness (QED) is 0.395. The van der Waals surface area contributed by atoms with E-state index in [1.54, 1.807) is 7.05 Å². The maximum Gasteiger partial charge on any atom is 0.214 e. The van der Waals surface area contributed by atoms with Gasteiger partial charge in [0.25, 0.3) is 0 Å². The molecule has 1 atom stereocenters. The van der Waals surface area contributed by atoms with Crippen LogP contribution in [0.4, 0.5) is 0 Å². The molecule has 0 bridgehead atoms. The number of hydrogen-bond donors (Lipinski definition) is 2. The van der Waals surface area contributed by atoms with Crippen LogP contribution in [0.25, 0.3) is 0 Å². The van der Waals surface area contributed by atoms with Crippen LogP contribution in [-0.4, -0.2) is 30.6 Å². The van der Waals surface area contributed by atoms with Crippen LogP contribution in [0.1, 0.15) is 29.8 Å². The molecule has 0 saturated heterocycles. The molecule has 25 heavy (non-hydrogen) atoms. The average molecular weight is 458 g/mol. The Balaban J connectivity index is 0.00000312. The maximum atomic E-state index is 5.95. The van der Waals surface area contributed by atoms with Gasteiger partial charge in [-0.15, -0.1) is 24.0 Å². The van der Waals surface area contributed by atoms with E-state index in [-0.39, 0.29) is 30.1 Å². The molecule has 1 heterocycles. The Morgan fingerprint density at radius 1 is 1.24 bits per heavy atom. The van der Waals surface area contributed by atoms with E-state index < -0.39 is 0 Å². The molecular weight excluding hydrogens is 431 g/mol. The Bertz CT molecular complexity index is 681. The van der Waals surface area contributed by atoms with Crippen molar-refractivity contribution in [2.24, 2.45) is 4.99 Å². The lowest BCUT2D eigenvalue weighted by Crippen LogP contribution is -2.41. The van der Waals surface area contributed by atoms with Crippen LogP contribution in [-0.2, 0) is 6.54 Å². The lowest BCUT2D eigenvalue weighted by Gasteiger charge is -2.18. The monoisotopic (exact) mass is 458 g/mol. The lowest BCUT2D eigenvalue weighted by molar-refractivity contribution is 0.222. The number of nitrogens with one attached hydrogen (secondary N) is 2. The highest BCUT2D eigenvalue weighted by Gasteiger charge is 2.09. The largest absolute Gasteiger partial charge is 0.489 e. The van der Waals surface area contributed by atoms with Crippen LogP contribution in [0.3, 0.4) is 0 Å². The zero-order valence-electron chi connectivity index (χ0n) is 15.4. The number of nitrogens with zero attached hydrogens (tertiary/aromatic N) is 2. The highest BCUT2D eigenvalue weighted by Crippen LogP contribution is 2.17. The molecule has 2 rings (SSSR count). The van der Waals surface area contributed by atoms with Crippen LogP contribution >= 0.6 is 24.0 Å². The van der Waals surface area contributed by atoms with Gasteiger partial charge in [-0.3, -0.25) is 4.99 Å². The summed E-state index contributed by atoms with van der Waals surface area (Å²) < 4.78 is 11.5. The van der Waals surface area contributed by atoms with E-state index >= 15 is 0 Å². The van der Waals surface area contributed by atoms with Gasteiger partial charge in [0, 0.05) is 7.05 Å². The second-order valence-electron chi connectivity index (χ2n) is 5.75. The lowest BCUT2D eigenvalue weighted by atomic mass is 10.2. The van der Waals surface area contributed by atoms with E-state index in [0.717, 1.165) is 22.8 Å². The van der Waals surface area contributed by atoms with Crippen molar-refractivity contribution < 1.29 is 9.15 Å². The first kappa shape index (κ1) is 21.3. The first-order valence-electron chi connectivity index (χ1n) is 8.09. The van der Waals surface area contributed by atoms with Crippen molar-refractivity contribution in [3.05, 3.63) is 47.2 Å². The highest BCUT2D eigenvalue weighted by molar-refractivity contribution is 14.0. The summed E-state index contributed by atoms with van der Waals surface area (Å²) in [5, 5.41) is 6.43. The number of rotatable bonds is 6. The third kappa shape index (κ3) is 6.56. The van der Waals surface area contributed by atoms with Gasteiger partial charge < -0.3 is 19.8 Å². The topological polar surface area (TPSA) is 71.7 Å². The van der Waals surface area contributed by atoms with Crippen molar-refractivity contribution in [1.29, 1.82) is 0 Å². The third-order valence-corrected chi connectivity index (χ3v) is 3.68. The molecular formula is C18H27IN4O2. The fourth-order valence-corrected chi connectivity index (χ4v) is 2.18. The van der Waals surface area contributed by atoms with E-state index in [2.05, 4.69) is 20.6 Å². The minimum atomic E-state index is 0. The Kier molecular flexibility index (Phi) is 8.74. The second-order valence-corrected chi connectivity index (χ2v) is 5.75. The number of aromatic nitrogens is 1. The summed E-state index contributed by atoms with van der Waals surface area (Å²) in [4.78, 5) is 8.54. The van der Waals surface area contributed by atoms with Crippen LogP contribution in [0.15, 0.2) is 33.7 Å². The molecule has 138 valence electrons. The molecule has 0 aliphatic carbocycles. The molecule has 1 unspecified atom stereocenters. The highest BCUT2D eigenvalue weighted by atomic mass is 127. The number of guanidine groups is 1. The number of oxazole rings is 1. The number of hydrogen-bond acceptors (Lipinski definition) is 4. The Morgan fingerprint density at radius 2 is 1.96 bits per heavy atom. The van der Waals surface area contributed by atoms with Crippen LogP contribution < -0.4 is 15.4 Å². The molecule has 1 aromatic carbocycles. The molecule has 0 fully saturated rings. The van der Waals surface area contributed by atoms with Crippen LogP contribution in [0.2, 0.25) is 0 Å². The summed E-state index contributed by atoms with van der Waals surface area (Å²) in [5.41, 5.74) is 2.04. The molecule has 2 aromatic rings. The van der Waals surface area contributed by atoms with Crippen molar-refractivity contribution in [3.63, 3.8) is 0 Å². The summed E-state index contributed by atoms with van der Waals surface area (Å²) in [7, 11) is 1.73. The number of halogens is 1. The fraction of sp³-hybridized carbons (Fsp3) is 0.444. The number of ether oxygens (including phenoxy) is 1. The first-order valence-corrected chi connectivity index (χ1v) is 8.09. The Morgan fingerprint density at radius 3 is 2.56 bits per heavy atom. The summed E-state index contributed by atoms with van der Waals surface area (Å²) in [6.45, 7) is 9.02. The third-order valence-electron chi connectivity index (χ3n) is 3.68. The summed E-state index contributed by atoms with van der Waals surface area (Å²) >= 11 is 0. The predicted molar refractivity (Wildman–Crippen MR) is 111 cm³/mol. The molecule has 0 aliphatic heterocycles. The van der Waals surface area contributed by atoms with E-state index in [1.807, 2.05) is 52.0 Å². The molecule has 6 nitrogen and oxygen atoms in total. The summed E-state index contributed by atoms with van der Waals surface area (Å²) in [6, 6.07) is 7.99. The minimum Gasteiger partial charge on any atom is -0.489 e. The van der Waals surface area contributed by atoms with Gasteiger partial charge in [0.15, 0.2) is 5.96 Å².